The first-order valence-electron chi connectivity index (χ1n) is 6.57. The summed E-state index contributed by atoms with van der Waals surface area (Å²) in [5.41, 5.74) is 3.14. The van der Waals surface area contributed by atoms with Crippen molar-refractivity contribution >= 4 is 11.7 Å². The number of carbonyl (C=O) groups excluding carboxylic acids is 1. The molecule has 0 bridgehead atoms. The van der Waals surface area contributed by atoms with E-state index in [4.69, 9.17) is 5.84 Å². The van der Waals surface area contributed by atoms with Crippen molar-refractivity contribution in [2.24, 2.45) is 5.84 Å². The molecule has 0 aliphatic carbocycles. The first-order chi connectivity index (χ1) is 10.1. The zero-order chi connectivity index (χ0) is 15.2. The fourth-order valence-corrected chi connectivity index (χ4v) is 1.96. The topological polar surface area (TPSA) is 80.0 Å². The number of amides is 1. The van der Waals surface area contributed by atoms with Gasteiger partial charge in [0.25, 0.3) is 5.91 Å². The summed E-state index contributed by atoms with van der Waals surface area (Å²) < 4.78 is 13.9. The van der Waals surface area contributed by atoms with Crippen LogP contribution in [0.4, 0.5) is 10.2 Å². The fourth-order valence-electron chi connectivity index (χ4n) is 1.96. The number of halogens is 1. The normalized spacial score (nSPS) is 11.8. The zero-order valence-corrected chi connectivity index (χ0v) is 11.6. The number of aromatic nitrogens is 1. The van der Waals surface area contributed by atoms with Crippen LogP contribution >= 0.6 is 0 Å². The van der Waals surface area contributed by atoms with Crippen molar-refractivity contribution < 1.29 is 9.18 Å². The molecule has 0 spiro atoms. The molecule has 4 N–H and O–H groups in total. The molecular formula is C15H17FN4O. The van der Waals surface area contributed by atoms with Crippen LogP contribution in [0.2, 0.25) is 0 Å². The van der Waals surface area contributed by atoms with Gasteiger partial charge in [-0.25, -0.2) is 15.2 Å². The number of anilines is 1. The highest BCUT2D eigenvalue weighted by Crippen LogP contribution is 2.16. The number of nitrogens with two attached hydrogens (primary N) is 1. The maximum atomic E-state index is 13.9. The SMILES string of the molecule is CC(CNC(=O)c1ccnc(NN)c1F)c1ccccc1. The molecular weight excluding hydrogens is 271 g/mol. The maximum Gasteiger partial charge on any atom is 0.254 e. The zero-order valence-electron chi connectivity index (χ0n) is 11.6. The van der Waals surface area contributed by atoms with Gasteiger partial charge < -0.3 is 10.7 Å². The molecule has 1 aromatic heterocycles. The van der Waals surface area contributed by atoms with Crippen LogP contribution in [0.5, 0.6) is 0 Å². The van der Waals surface area contributed by atoms with Crippen LogP contribution in [0, 0.1) is 5.82 Å². The fraction of sp³-hybridized carbons (Fsp3) is 0.200. The number of carbonyl (C=O) groups is 1. The predicted octanol–water partition coefficient (Wildman–Crippen LogP) is 2.04. The Bertz CT molecular complexity index is 618. The Hall–Kier alpha value is -2.47. The minimum atomic E-state index is -0.759. The monoisotopic (exact) mass is 288 g/mol. The highest BCUT2D eigenvalue weighted by Gasteiger charge is 2.16. The quantitative estimate of drug-likeness (QED) is 0.581. The summed E-state index contributed by atoms with van der Waals surface area (Å²) in [5, 5.41) is 2.71. The maximum absolute atomic E-state index is 13.9. The lowest BCUT2D eigenvalue weighted by molar-refractivity contribution is 0.0947. The number of hydrogen-bond donors (Lipinski definition) is 3. The molecule has 2 rings (SSSR count). The van der Waals surface area contributed by atoms with Gasteiger partial charge in [-0.05, 0) is 17.5 Å². The minimum Gasteiger partial charge on any atom is -0.351 e. The van der Waals surface area contributed by atoms with E-state index in [0.29, 0.717) is 6.54 Å². The molecule has 0 aliphatic heterocycles. The molecule has 110 valence electrons. The number of hydrogen-bond acceptors (Lipinski definition) is 4. The van der Waals surface area contributed by atoms with Gasteiger partial charge >= 0.3 is 0 Å². The first-order valence-corrected chi connectivity index (χ1v) is 6.57. The molecule has 1 unspecified atom stereocenters. The number of nitrogens with one attached hydrogen (secondary N) is 2. The van der Waals surface area contributed by atoms with Gasteiger partial charge in [-0.15, -0.1) is 0 Å². The van der Waals surface area contributed by atoms with Gasteiger partial charge in [-0.1, -0.05) is 37.3 Å². The predicted molar refractivity (Wildman–Crippen MR) is 79.2 cm³/mol. The molecule has 1 atom stereocenters. The van der Waals surface area contributed by atoms with Crippen molar-refractivity contribution in [2.45, 2.75) is 12.8 Å². The van der Waals surface area contributed by atoms with Gasteiger partial charge in [0.05, 0.1) is 5.56 Å². The third-order valence-electron chi connectivity index (χ3n) is 3.21. The van der Waals surface area contributed by atoms with Crippen molar-refractivity contribution in [2.75, 3.05) is 12.0 Å². The second-order valence-corrected chi connectivity index (χ2v) is 4.69. The van der Waals surface area contributed by atoms with E-state index in [-0.39, 0.29) is 17.3 Å². The highest BCUT2D eigenvalue weighted by atomic mass is 19.1. The summed E-state index contributed by atoms with van der Waals surface area (Å²) in [4.78, 5) is 15.7. The van der Waals surface area contributed by atoms with E-state index in [9.17, 15) is 9.18 Å². The standard InChI is InChI=1S/C15H17FN4O/c1-10(11-5-3-2-4-6-11)9-19-15(21)12-7-8-18-14(20-17)13(12)16/h2-8,10H,9,17H2,1H3,(H,18,20)(H,19,21). The molecule has 0 fully saturated rings. The van der Waals surface area contributed by atoms with Crippen LogP contribution < -0.4 is 16.6 Å². The molecule has 5 nitrogen and oxygen atoms in total. The average molecular weight is 288 g/mol. The Labute approximate surface area is 122 Å². The summed E-state index contributed by atoms with van der Waals surface area (Å²) in [6.45, 7) is 2.40. The van der Waals surface area contributed by atoms with Crippen molar-refractivity contribution in [3.05, 3.63) is 59.5 Å². The second-order valence-electron chi connectivity index (χ2n) is 4.69. The van der Waals surface area contributed by atoms with Crippen LogP contribution in [-0.2, 0) is 0 Å². The van der Waals surface area contributed by atoms with Crippen LogP contribution in [-0.4, -0.2) is 17.4 Å². The number of pyridine rings is 1. The summed E-state index contributed by atoms with van der Waals surface area (Å²) >= 11 is 0. The van der Waals surface area contributed by atoms with Gasteiger partial charge in [0.2, 0.25) is 0 Å². The first kappa shape index (κ1) is 14.9. The van der Waals surface area contributed by atoms with Crippen LogP contribution in [0.3, 0.4) is 0 Å². The van der Waals surface area contributed by atoms with Gasteiger partial charge in [-0.2, -0.15) is 0 Å². The Kier molecular flexibility index (Phi) is 4.84. The van der Waals surface area contributed by atoms with Crippen molar-refractivity contribution in [3.8, 4) is 0 Å². The van der Waals surface area contributed by atoms with Gasteiger partial charge in [-0.3, -0.25) is 4.79 Å². The number of benzene rings is 1. The second kappa shape index (κ2) is 6.81. The Balaban J connectivity index is 2.02. The van der Waals surface area contributed by atoms with Gasteiger partial charge in [0.1, 0.15) is 0 Å². The number of nitrogen functional groups attached to an aromatic ring is 1. The molecule has 0 saturated heterocycles. The van der Waals surface area contributed by atoms with Gasteiger partial charge in [0.15, 0.2) is 11.6 Å². The van der Waals surface area contributed by atoms with E-state index in [0.717, 1.165) is 5.56 Å². The molecule has 6 heteroatoms. The Morgan fingerprint density at radius 1 is 1.33 bits per heavy atom. The van der Waals surface area contributed by atoms with E-state index in [2.05, 4.69) is 15.7 Å². The Morgan fingerprint density at radius 2 is 2.05 bits per heavy atom. The molecule has 2 aromatic rings. The van der Waals surface area contributed by atoms with Crippen LogP contribution in [0.1, 0.15) is 28.8 Å². The van der Waals surface area contributed by atoms with Crippen molar-refractivity contribution in [3.63, 3.8) is 0 Å². The molecule has 1 heterocycles. The smallest absolute Gasteiger partial charge is 0.254 e. The number of rotatable bonds is 5. The number of nitrogens with zero attached hydrogens (tertiary/aromatic N) is 1. The van der Waals surface area contributed by atoms with E-state index < -0.39 is 11.7 Å². The average Bonchev–Trinajstić information content (AvgIpc) is 2.53. The molecule has 0 saturated carbocycles. The highest BCUT2D eigenvalue weighted by molar-refractivity contribution is 5.95. The molecule has 0 aliphatic rings. The number of hydrazine groups is 1. The van der Waals surface area contributed by atoms with E-state index in [1.807, 2.05) is 37.3 Å². The summed E-state index contributed by atoms with van der Waals surface area (Å²) in [6.07, 6.45) is 1.33. The lowest BCUT2D eigenvalue weighted by Crippen LogP contribution is -2.28. The van der Waals surface area contributed by atoms with Crippen molar-refractivity contribution in [1.29, 1.82) is 0 Å². The third kappa shape index (κ3) is 3.55. The van der Waals surface area contributed by atoms with E-state index >= 15 is 0 Å². The lowest BCUT2D eigenvalue weighted by atomic mass is 10.0. The Morgan fingerprint density at radius 3 is 2.71 bits per heavy atom. The van der Waals surface area contributed by atoms with Crippen LogP contribution in [0.15, 0.2) is 42.6 Å². The summed E-state index contributed by atoms with van der Waals surface area (Å²) in [5.74, 6) is 3.86. The summed E-state index contributed by atoms with van der Waals surface area (Å²) in [7, 11) is 0. The lowest BCUT2D eigenvalue weighted by Gasteiger charge is -2.13. The van der Waals surface area contributed by atoms with Crippen molar-refractivity contribution in [1.82, 2.24) is 10.3 Å². The molecule has 21 heavy (non-hydrogen) atoms. The molecule has 1 aromatic carbocycles. The van der Waals surface area contributed by atoms with E-state index in [1.54, 1.807) is 0 Å². The minimum absolute atomic E-state index is 0.0850. The summed E-state index contributed by atoms with van der Waals surface area (Å²) in [6, 6.07) is 11.1. The molecule has 1 amide bonds. The molecule has 0 radical (unpaired) electrons. The van der Waals surface area contributed by atoms with E-state index in [1.165, 1.54) is 12.3 Å². The largest absolute Gasteiger partial charge is 0.351 e. The third-order valence-corrected chi connectivity index (χ3v) is 3.21. The van der Waals surface area contributed by atoms with Gasteiger partial charge in [0, 0.05) is 12.7 Å². The van der Waals surface area contributed by atoms with Crippen LogP contribution in [0.25, 0.3) is 0 Å².